The maximum Gasteiger partial charge on any atom is 0.275 e. The molecule has 1 aromatic carbocycles. The van der Waals surface area contributed by atoms with Gasteiger partial charge in [-0.15, -0.1) is 0 Å². The fraction of sp³-hybridized carbons (Fsp3) is 0.467. The molecule has 0 unspecified atom stereocenters. The van der Waals surface area contributed by atoms with Crippen molar-refractivity contribution in [2.75, 3.05) is 0 Å². The van der Waals surface area contributed by atoms with E-state index in [9.17, 15) is 9.59 Å². The van der Waals surface area contributed by atoms with Gasteiger partial charge in [0.2, 0.25) is 12.2 Å². The first-order valence-electron chi connectivity index (χ1n) is 6.77. The Morgan fingerprint density at radius 2 is 1.73 bits per heavy atom. The van der Waals surface area contributed by atoms with Gasteiger partial charge >= 0.3 is 0 Å². The summed E-state index contributed by atoms with van der Waals surface area (Å²) < 4.78 is 0. The molecule has 0 saturated heterocycles. The van der Waals surface area contributed by atoms with Crippen LogP contribution < -0.4 is 0 Å². The predicted octanol–water partition coefficient (Wildman–Crippen LogP) is 2.13. The average Bonchev–Trinajstić information content (AvgIpc) is 2.43. The second-order valence-electron chi connectivity index (χ2n) is 4.61. The Morgan fingerprint density at radius 1 is 1.09 bits per heavy atom. The minimum absolute atomic E-state index is 0.0425. The molecule has 0 aliphatic carbocycles. The largest absolute Gasteiger partial charge is 0.344 e. The SMILES string of the molecule is CCCCCC(O)(O)O.Cc1ccc(N=C=O)cc1N=C=O. The van der Waals surface area contributed by atoms with Crippen molar-refractivity contribution in [1.29, 1.82) is 0 Å². The van der Waals surface area contributed by atoms with Gasteiger partial charge < -0.3 is 15.3 Å². The second kappa shape index (κ2) is 10.6. The van der Waals surface area contributed by atoms with Crippen molar-refractivity contribution in [2.45, 2.75) is 45.5 Å². The quantitative estimate of drug-likeness (QED) is 0.322. The van der Waals surface area contributed by atoms with E-state index in [1.165, 1.54) is 18.2 Å². The van der Waals surface area contributed by atoms with E-state index in [2.05, 4.69) is 9.98 Å². The third kappa shape index (κ3) is 9.72. The first-order chi connectivity index (χ1) is 10.3. The Labute approximate surface area is 128 Å². The minimum atomic E-state index is -2.45. The molecule has 7 heteroatoms. The van der Waals surface area contributed by atoms with Crippen molar-refractivity contribution < 1.29 is 24.9 Å². The summed E-state index contributed by atoms with van der Waals surface area (Å²) >= 11 is 0. The van der Waals surface area contributed by atoms with Gasteiger partial charge in [0.15, 0.2) is 0 Å². The maximum atomic E-state index is 10.00. The highest BCUT2D eigenvalue weighted by molar-refractivity contribution is 5.61. The van der Waals surface area contributed by atoms with Gasteiger partial charge in [-0.25, -0.2) is 9.59 Å². The third-order valence-electron chi connectivity index (χ3n) is 2.65. The van der Waals surface area contributed by atoms with Gasteiger partial charge in [-0.05, 0) is 31.0 Å². The summed E-state index contributed by atoms with van der Waals surface area (Å²) in [5.41, 5.74) is 1.72. The summed E-state index contributed by atoms with van der Waals surface area (Å²) in [5.74, 6) is -2.45. The molecule has 0 radical (unpaired) electrons. The molecule has 3 N–H and O–H groups in total. The van der Waals surface area contributed by atoms with Gasteiger partial charge in [0.25, 0.3) is 5.97 Å². The monoisotopic (exact) mass is 308 g/mol. The normalized spacial score (nSPS) is 9.86. The van der Waals surface area contributed by atoms with Gasteiger partial charge in [-0.1, -0.05) is 25.8 Å². The van der Waals surface area contributed by atoms with Gasteiger partial charge in [0.1, 0.15) is 0 Å². The lowest BCUT2D eigenvalue weighted by Crippen LogP contribution is -2.26. The first-order valence-corrected chi connectivity index (χ1v) is 6.77. The number of rotatable bonds is 6. The van der Waals surface area contributed by atoms with Crippen LogP contribution in [0, 0.1) is 6.92 Å². The van der Waals surface area contributed by atoms with E-state index in [0.717, 1.165) is 18.4 Å². The molecule has 0 atom stereocenters. The molecule has 0 fully saturated rings. The van der Waals surface area contributed by atoms with E-state index >= 15 is 0 Å². The highest BCUT2D eigenvalue weighted by Gasteiger charge is 2.15. The lowest BCUT2D eigenvalue weighted by molar-refractivity contribution is -0.314. The van der Waals surface area contributed by atoms with E-state index in [1.54, 1.807) is 19.1 Å². The highest BCUT2D eigenvalue weighted by Crippen LogP contribution is 2.23. The molecule has 1 rings (SSSR count). The first kappa shape index (κ1) is 19.9. The van der Waals surface area contributed by atoms with Crippen LogP contribution in [0.5, 0.6) is 0 Å². The number of hydrogen-bond donors (Lipinski definition) is 3. The Morgan fingerprint density at radius 3 is 2.23 bits per heavy atom. The summed E-state index contributed by atoms with van der Waals surface area (Å²) in [6.45, 7) is 3.80. The van der Waals surface area contributed by atoms with Crippen molar-refractivity contribution in [1.82, 2.24) is 0 Å². The molecular formula is C15H20N2O5. The zero-order chi connectivity index (χ0) is 17.0. The van der Waals surface area contributed by atoms with E-state index < -0.39 is 5.97 Å². The fourth-order valence-corrected chi connectivity index (χ4v) is 1.50. The molecule has 0 aromatic heterocycles. The number of benzene rings is 1. The molecular weight excluding hydrogens is 288 g/mol. The Balaban J connectivity index is 0.000000433. The van der Waals surface area contributed by atoms with Crippen LogP contribution in [0.15, 0.2) is 28.2 Å². The van der Waals surface area contributed by atoms with Crippen molar-refractivity contribution >= 4 is 23.5 Å². The van der Waals surface area contributed by atoms with Crippen LogP contribution in [0.1, 0.15) is 38.2 Å². The van der Waals surface area contributed by atoms with Crippen LogP contribution in [0.3, 0.4) is 0 Å². The van der Waals surface area contributed by atoms with Crippen LogP contribution in [0.4, 0.5) is 11.4 Å². The van der Waals surface area contributed by atoms with E-state index in [4.69, 9.17) is 15.3 Å². The van der Waals surface area contributed by atoms with Crippen LogP contribution in [-0.2, 0) is 9.59 Å². The van der Waals surface area contributed by atoms with Gasteiger partial charge in [0.05, 0.1) is 11.4 Å². The number of isocyanates is 2. The van der Waals surface area contributed by atoms with E-state index in [0.29, 0.717) is 17.8 Å². The van der Waals surface area contributed by atoms with Crippen molar-refractivity contribution in [2.24, 2.45) is 9.98 Å². The summed E-state index contributed by atoms with van der Waals surface area (Å²) in [5, 5.41) is 25.1. The lowest BCUT2D eigenvalue weighted by atomic mass is 10.2. The number of aliphatic imine (C=N–C) groups is 2. The number of carbonyl (C=O) groups excluding carboxylic acids is 2. The molecule has 0 aliphatic heterocycles. The van der Waals surface area contributed by atoms with Gasteiger partial charge in [0, 0.05) is 6.42 Å². The number of nitrogens with zero attached hydrogens (tertiary/aromatic N) is 2. The maximum absolute atomic E-state index is 10.00. The Bertz CT molecular complexity index is 554. The number of unbranched alkanes of at least 4 members (excludes halogenated alkanes) is 2. The van der Waals surface area contributed by atoms with Crippen molar-refractivity contribution in [3.8, 4) is 0 Å². The molecule has 0 saturated carbocycles. The summed E-state index contributed by atoms with van der Waals surface area (Å²) in [4.78, 5) is 26.8. The zero-order valence-electron chi connectivity index (χ0n) is 12.6. The third-order valence-corrected chi connectivity index (χ3v) is 2.65. The summed E-state index contributed by atoms with van der Waals surface area (Å²) in [7, 11) is 0. The van der Waals surface area contributed by atoms with E-state index in [-0.39, 0.29) is 6.42 Å². The summed E-state index contributed by atoms with van der Waals surface area (Å²) in [6.07, 6.45) is 5.46. The molecule has 0 bridgehead atoms. The topological polar surface area (TPSA) is 120 Å². The average molecular weight is 308 g/mol. The molecule has 22 heavy (non-hydrogen) atoms. The molecule has 1 aromatic rings. The van der Waals surface area contributed by atoms with E-state index in [1.807, 2.05) is 6.92 Å². The number of aryl methyl sites for hydroxylation is 1. The summed E-state index contributed by atoms with van der Waals surface area (Å²) in [6, 6.07) is 4.88. The zero-order valence-corrected chi connectivity index (χ0v) is 12.6. The minimum Gasteiger partial charge on any atom is -0.344 e. The van der Waals surface area contributed by atoms with Crippen molar-refractivity contribution in [3.05, 3.63) is 23.8 Å². The smallest absolute Gasteiger partial charge is 0.275 e. The molecule has 0 spiro atoms. The van der Waals surface area contributed by atoms with Crippen molar-refractivity contribution in [3.63, 3.8) is 0 Å². The molecule has 0 aliphatic rings. The van der Waals surface area contributed by atoms with Crippen LogP contribution in [-0.4, -0.2) is 33.5 Å². The molecule has 120 valence electrons. The standard InChI is InChI=1S/C9H6N2O2.C6H14O3/c1-7-2-3-8(10-5-12)4-9(7)11-6-13;1-2-3-4-5-6(7,8)9/h2-4H,1H3;7-9H,2-5H2,1H3. The lowest BCUT2D eigenvalue weighted by Gasteiger charge is -2.12. The van der Waals surface area contributed by atoms with Gasteiger partial charge in [-0.3, -0.25) is 0 Å². The second-order valence-corrected chi connectivity index (χ2v) is 4.61. The number of aliphatic hydroxyl groups is 3. The van der Waals surface area contributed by atoms with Crippen LogP contribution in [0.2, 0.25) is 0 Å². The number of hydrogen-bond acceptors (Lipinski definition) is 7. The Hall–Kier alpha value is -2.14. The van der Waals surface area contributed by atoms with Crippen LogP contribution >= 0.6 is 0 Å². The molecule has 7 nitrogen and oxygen atoms in total. The van der Waals surface area contributed by atoms with Crippen LogP contribution in [0.25, 0.3) is 0 Å². The fourth-order valence-electron chi connectivity index (χ4n) is 1.50. The Kier molecular flexibility index (Phi) is 9.54. The highest BCUT2D eigenvalue weighted by atomic mass is 16.7. The van der Waals surface area contributed by atoms with Gasteiger partial charge in [-0.2, -0.15) is 9.98 Å². The molecule has 0 heterocycles. The predicted molar refractivity (Wildman–Crippen MR) is 80.3 cm³/mol. The molecule has 0 amide bonds.